The van der Waals surface area contributed by atoms with Crippen LogP contribution in [0, 0.1) is 0 Å². The highest BCUT2D eigenvalue weighted by Crippen LogP contribution is 2.38. The van der Waals surface area contributed by atoms with Crippen molar-refractivity contribution in [3.8, 4) is 22.9 Å². The molecule has 0 unspecified atom stereocenters. The van der Waals surface area contributed by atoms with E-state index in [1.54, 1.807) is 30.3 Å². The van der Waals surface area contributed by atoms with Crippen molar-refractivity contribution in [2.24, 2.45) is 0 Å². The second-order valence-electron chi connectivity index (χ2n) is 10.1. The van der Waals surface area contributed by atoms with Gasteiger partial charge in [0.15, 0.2) is 0 Å². The lowest BCUT2D eigenvalue weighted by Gasteiger charge is -2.16. The summed E-state index contributed by atoms with van der Waals surface area (Å²) >= 11 is 0. The number of alkyl halides is 3. The minimum Gasteiger partial charge on any atom is -0.497 e. The second kappa shape index (κ2) is 11.8. The van der Waals surface area contributed by atoms with Crippen LogP contribution in [-0.4, -0.2) is 40.9 Å². The van der Waals surface area contributed by atoms with Crippen LogP contribution in [0.25, 0.3) is 5.69 Å². The average Bonchev–Trinajstić information content (AvgIpc) is 3.37. The Balaban J connectivity index is 1.61. The Morgan fingerprint density at radius 1 is 0.905 bits per heavy atom. The molecule has 0 fully saturated rings. The zero-order valence-electron chi connectivity index (χ0n) is 23.5. The number of amides is 3. The minimum absolute atomic E-state index is 0.0313. The lowest BCUT2D eigenvalue weighted by Crippen LogP contribution is -2.23. The Bertz CT molecular complexity index is 1610. The number of nitrogens with zero attached hydrogens (tertiary/aromatic N) is 3. The molecule has 2 heterocycles. The summed E-state index contributed by atoms with van der Waals surface area (Å²) in [5.74, 6) is 0.265. The van der Waals surface area contributed by atoms with Crippen molar-refractivity contribution in [3.63, 3.8) is 0 Å². The summed E-state index contributed by atoms with van der Waals surface area (Å²) in [5.41, 5.74) is -0.748. The van der Waals surface area contributed by atoms with Gasteiger partial charge < -0.3 is 20.1 Å². The summed E-state index contributed by atoms with van der Waals surface area (Å²) < 4.78 is 54.4. The number of carbonyl (C=O) groups is 2. The number of nitrogens with one attached hydrogen (secondary N) is 3. The van der Waals surface area contributed by atoms with Gasteiger partial charge in [-0.15, -0.1) is 0 Å². The molecule has 13 heteroatoms. The van der Waals surface area contributed by atoms with Crippen molar-refractivity contribution < 1.29 is 32.2 Å². The van der Waals surface area contributed by atoms with E-state index in [-0.39, 0.29) is 28.4 Å². The van der Waals surface area contributed by atoms with Gasteiger partial charge in [-0.2, -0.15) is 18.3 Å². The van der Waals surface area contributed by atoms with E-state index in [2.05, 4.69) is 26.0 Å². The maximum Gasteiger partial charge on any atom is 0.418 e. The van der Waals surface area contributed by atoms with Crippen LogP contribution in [-0.2, 0) is 11.6 Å². The van der Waals surface area contributed by atoms with Crippen LogP contribution in [0.1, 0.15) is 42.5 Å². The molecular weight excluding hydrogens is 553 g/mol. The van der Waals surface area contributed by atoms with E-state index in [1.165, 1.54) is 43.2 Å². The summed E-state index contributed by atoms with van der Waals surface area (Å²) in [6, 6.07) is 13.5. The fourth-order valence-corrected chi connectivity index (χ4v) is 3.84. The first-order valence-electron chi connectivity index (χ1n) is 12.7. The smallest absolute Gasteiger partial charge is 0.418 e. The largest absolute Gasteiger partial charge is 0.497 e. The van der Waals surface area contributed by atoms with Crippen LogP contribution in [0.2, 0.25) is 0 Å². The summed E-state index contributed by atoms with van der Waals surface area (Å²) in [6.45, 7) is 5.83. The van der Waals surface area contributed by atoms with Gasteiger partial charge in [0.1, 0.15) is 28.8 Å². The van der Waals surface area contributed by atoms with Crippen LogP contribution < -0.4 is 25.4 Å². The van der Waals surface area contributed by atoms with E-state index in [4.69, 9.17) is 9.47 Å². The number of urea groups is 1. The van der Waals surface area contributed by atoms with E-state index in [1.807, 2.05) is 20.8 Å². The first-order chi connectivity index (χ1) is 19.8. The predicted octanol–water partition coefficient (Wildman–Crippen LogP) is 6.39. The molecule has 3 amide bonds. The molecule has 10 nitrogen and oxygen atoms in total. The molecular formula is C29H29F3N6O4. The van der Waals surface area contributed by atoms with Gasteiger partial charge in [-0.25, -0.2) is 9.48 Å². The maximum absolute atomic E-state index is 14.0. The van der Waals surface area contributed by atoms with E-state index in [0.717, 1.165) is 12.1 Å². The normalized spacial score (nSPS) is 11.5. The summed E-state index contributed by atoms with van der Waals surface area (Å²) in [5, 5.41) is 11.9. The van der Waals surface area contributed by atoms with Gasteiger partial charge in [0.05, 0.1) is 29.7 Å². The van der Waals surface area contributed by atoms with Crippen LogP contribution in [0.4, 0.5) is 29.5 Å². The Kier molecular flexibility index (Phi) is 8.41. The highest BCUT2D eigenvalue weighted by molar-refractivity contribution is 6.00. The molecule has 2 aromatic carbocycles. The number of hydrogen-bond acceptors (Lipinski definition) is 6. The average molecular weight is 583 g/mol. The standard InChI is InChI=1S/C29H29F3N6O4/c1-28(2,3)24-16-25(38(37-24)17-7-6-8-18(13-17)41-5)36-27(40)35-22-10-9-19(14-21(22)29(30,31)32)42-20-11-12-34-23(15-20)26(39)33-4/h6-16H,1-5H3,(H,33,39)(H2,35,36,40). The predicted molar refractivity (Wildman–Crippen MR) is 151 cm³/mol. The Morgan fingerprint density at radius 2 is 1.64 bits per heavy atom. The Morgan fingerprint density at radius 3 is 2.31 bits per heavy atom. The first kappa shape index (κ1) is 29.9. The lowest BCUT2D eigenvalue weighted by molar-refractivity contribution is -0.137. The van der Waals surface area contributed by atoms with Gasteiger partial charge in [0.25, 0.3) is 5.91 Å². The summed E-state index contributed by atoms with van der Waals surface area (Å²) in [7, 11) is 2.94. The fourth-order valence-electron chi connectivity index (χ4n) is 3.84. The summed E-state index contributed by atoms with van der Waals surface area (Å²) in [4.78, 5) is 28.7. The van der Waals surface area contributed by atoms with Crippen molar-refractivity contribution in [2.45, 2.75) is 32.4 Å². The van der Waals surface area contributed by atoms with Gasteiger partial charge in [-0.3, -0.25) is 15.1 Å². The molecule has 0 aliphatic heterocycles. The van der Waals surface area contributed by atoms with Gasteiger partial charge in [-0.05, 0) is 36.4 Å². The zero-order chi connectivity index (χ0) is 30.7. The first-order valence-corrected chi connectivity index (χ1v) is 12.7. The quantitative estimate of drug-likeness (QED) is 0.232. The molecule has 0 radical (unpaired) electrons. The molecule has 0 spiro atoms. The maximum atomic E-state index is 14.0. The van der Waals surface area contributed by atoms with E-state index in [9.17, 15) is 22.8 Å². The van der Waals surface area contributed by atoms with Gasteiger partial charge in [0.2, 0.25) is 0 Å². The van der Waals surface area contributed by atoms with Gasteiger partial charge in [-0.1, -0.05) is 26.8 Å². The highest BCUT2D eigenvalue weighted by atomic mass is 19.4. The number of methoxy groups -OCH3 is 1. The van der Waals surface area contributed by atoms with Crippen molar-refractivity contribution in [2.75, 3.05) is 24.8 Å². The molecule has 0 atom stereocenters. The Labute approximate surface area is 239 Å². The van der Waals surface area contributed by atoms with Crippen LogP contribution in [0.15, 0.2) is 66.9 Å². The molecule has 42 heavy (non-hydrogen) atoms. The number of hydrogen-bond donors (Lipinski definition) is 3. The molecule has 0 aliphatic carbocycles. The molecule has 3 N–H and O–H groups in total. The van der Waals surface area contributed by atoms with Crippen molar-refractivity contribution in [3.05, 3.63) is 83.8 Å². The summed E-state index contributed by atoms with van der Waals surface area (Å²) in [6.07, 6.45) is -3.53. The van der Waals surface area contributed by atoms with E-state index in [0.29, 0.717) is 17.1 Å². The molecule has 0 bridgehead atoms. The topological polar surface area (TPSA) is 119 Å². The van der Waals surface area contributed by atoms with Gasteiger partial charge in [0, 0.05) is 36.9 Å². The number of aromatic nitrogens is 3. The number of anilines is 2. The fraction of sp³-hybridized carbons (Fsp3) is 0.241. The number of rotatable bonds is 7. The van der Waals surface area contributed by atoms with E-state index >= 15 is 0 Å². The SMILES string of the molecule is CNC(=O)c1cc(Oc2ccc(NC(=O)Nc3cc(C(C)(C)C)nn3-c3cccc(OC)c3)c(C(F)(F)F)c2)ccn1. The molecule has 220 valence electrons. The van der Waals surface area contributed by atoms with E-state index < -0.39 is 29.4 Å². The number of carbonyl (C=O) groups excluding carboxylic acids is 2. The monoisotopic (exact) mass is 582 g/mol. The van der Waals surface area contributed by atoms with Gasteiger partial charge >= 0.3 is 12.2 Å². The van der Waals surface area contributed by atoms with Crippen molar-refractivity contribution in [1.82, 2.24) is 20.1 Å². The molecule has 4 aromatic rings. The number of benzene rings is 2. The van der Waals surface area contributed by atoms with Crippen molar-refractivity contribution in [1.29, 1.82) is 0 Å². The van der Waals surface area contributed by atoms with Crippen LogP contribution >= 0.6 is 0 Å². The molecule has 0 saturated carbocycles. The third-order valence-electron chi connectivity index (χ3n) is 5.99. The number of ether oxygens (including phenoxy) is 2. The number of halogens is 3. The molecule has 4 rings (SSSR count). The third kappa shape index (κ3) is 6.97. The number of pyridine rings is 1. The van der Waals surface area contributed by atoms with Crippen molar-refractivity contribution >= 4 is 23.4 Å². The lowest BCUT2D eigenvalue weighted by atomic mass is 9.92. The zero-order valence-corrected chi connectivity index (χ0v) is 23.5. The Hall–Kier alpha value is -5.07. The second-order valence-corrected chi connectivity index (χ2v) is 10.1. The molecule has 0 aliphatic rings. The molecule has 2 aromatic heterocycles. The van der Waals surface area contributed by atoms with Crippen LogP contribution in [0.5, 0.6) is 17.2 Å². The third-order valence-corrected chi connectivity index (χ3v) is 5.99. The molecule has 0 saturated heterocycles. The minimum atomic E-state index is -4.82. The highest BCUT2D eigenvalue weighted by Gasteiger charge is 2.35. The van der Waals surface area contributed by atoms with Crippen LogP contribution in [0.3, 0.4) is 0 Å².